The topological polar surface area (TPSA) is 24.5 Å². The molecule has 0 radical (unpaired) electrons. The van der Waals surface area contributed by atoms with Crippen LogP contribution >= 0.6 is 0 Å². The second-order valence-corrected chi connectivity index (χ2v) is 6.04. The predicted molar refractivity (Wildman–Crippen MR) is 76.4 cm³/mol. The Balaban J connectivity index is 1.72. The van der Waals surface area contributed by atoms with E-state index >= 15 is 0 Å². The van der Waals surface area contributed by atoms with Crippen molar-refractivity contribution in [1.29, 1.82) is 0 Å². The average molecular weight is 260 g/mol. The van der Waals surface area contributed by atoms with E-state index in [4.69, 9.17) is 4.84 Å². The van der Waals surface area contributed by atoms with E-state index in [-0.39, 0.29) is 11.6 Å². The van der Waals surface area contributed by atoms with Gasteiger partial charge in [-0.25, -0.2) is 0 Å². The first-order valence-electron chi connectivity index (χ1n) is 7.47. The molecule has 19 heavy (non-hydrogen) atoms. The second-order valence-electron chi connectivity index (χ2n) is 6.04. The van der Waals surface area contributed by atoms with Crippen molar-refractivity contribution in [2.45, 2.75) is 57.3 Å². The van der Waals surface area contributed by atoms with Crippen LogP contribution in [0.25, 0.3) is 0 Å². The third-order valence-corrected chi connectivity index (χ3v) is 4.44. The first-order chi connectivity index (χ1) is 9.23. The van der Waals surface area contributed by atoms with E-state index in [2.05, 4.69) is 54.6 Å². The molecule has 3 rings (SSSR count). The fourth-order valence-corrected chi connectivity index (χ4v) is 3.36. The number of nitrogens with zero attached hydrogens (tertiary/aromatic N) is 1. The Morgan fingerprint density at radius 2 is 2.16 bits per heavy atom. The van der Waals surface area contributed by atoms with E-state index in [0.29, 0.717) is 6.17 Å². The molecule has 2 fully saturated rings. The first-order valence-corrected chi connectivity index (χ1v) is 7.47. The number of fused-ring (bicyclic) bond motifs is 1. The van der Waals surface area contributed by atoms with Gasteiger partial charge in [-0.2, -0.15) is 5.06 Å². The van der Waals surface area contributed by atoms with Crippen molar-refractivity contribution in [2.75, 3.05) is 6.54 Å². The molecule has 3 atom stereocenters. The monoisotopic (exact) mass is 260 g/mol. The van der Waals surface area contributed by atoms with Gasteiger partial charge in [0.25, 0.3) is 0 Å². The van der Waals surface area contributed by atoms with Crippen LogP contribution in [-0.2, 0) is 4.84 Å². The van der Waals surface area contributed by atoms with Crippen molar-refractivity contribution in [1.82, 2.24) is 10.4 Å². The summed E-state index contributed by atoms with van der Waals surface area (Å²) < 4.78 is 0. The molecule has 2 aliphatic rings. The van der Waals surface area contributed by atoms with E-state index in [9.17, 15) is 0 Å². The van der Waals surface area contributed by atoms with E-state index in [1.54, 1.807) is 0 Å². The highest BCUT2D eigenvalue weighted by Gasteiger charge is 2.51. The van der Waals surface area contributed by atoms with Crippen LogP contribution in [-0.4, -0.2) is 23.3 Å². The SMILES string of the molecule is CCCNC1CCC2(C)CC(c3ccccc3)ON12. The Labute approximate surface area is 115 Å². The van der Waals surface area contributed by atoms with Gasteiger partial charge in [-0.3, -0.25) is 10.2 Å². The Morgan fingerprint density at radius 1 is 1.37 bits per heavy atom. The highest BCUT2D eigenvalue weighted by Crippen LogP contribution is 2.47. The van der Waals surface area contributed by atoms with Gasteiger partial charge in [0.2, 0.25) is 0 Å². The fraction of sp³-hybridized carbons (Fsp3) is 0.625. The maximum absolute atomic E-state index is 6.25. The number of nitrogens with one attached hydrogen (secondary N) is 1. The Hall–Kier alpha value is -0.900. The van der Waals surface area contributed by atoms with Gasteiger partial charge in [-0.05, 0) is 38.3 Å². The lowest BCUT2D eigenvalue weighted by molar-refractivity contribution is -0.198. The molecule has 2 saturated heterocycles. The number of hydrogen-bond acceptors (Lipinski definition) is 3. The molecule has 3 heteroatoms. The quantitative estimate of drug-likeness (QED) is 0.899. The van der Waals surface area contributed by atoms with Crippen LogP contribution in [0.2, 0.25) is 0 Å². The minimum absolute atomic E-state index is 0.200. The molecule has 3 nitrogen and oxygen atoms in total. The molecular weight excluding hydrogens is 236 g/mol. The Morgan fingerprint density at radius 3 is 2.89 bits per heavy atom. The molecule has 1 N–H and O–H groups in total. The van der Waals surface area contributed by atoms with Crippen molar-refractivity contribution in [2.24, 2.45) is 0 Å². The smallest absolute Gasteiger partial charge is 0.106 e. The van der Waals surface area contributed by atoms with Crippen LogP contribution in [0.4, 0.5) is 0 Å². The van der Waals surface area contributed by atoms with Crippen molar-refractivity contribution in [3.63, 3.8) is 0 Å². The van der Waals surface area contributed by atoms with E-state index < -0.39 is 0 Å². The van der Waals surface area contributed by atoms with E-state index in [1.165, 1.54) is 24.8 Å². The maximum Gasteiger partial charge on any atom is 0.106 e. The molecule has 2 aliphatic heterocycles. The lowest BCUT2D eigenvalue weighted by Crippen LogP contribution is -2.46. The number of hydrogen-bond donors (Lipinski definition) is 1. The lowest BCUT2D eigenvalue weighted by Gasteiger charge is -2.29. The third-order valence-electron chi connectivity index (χ3n) is 4.44. The zero-order valence-corrected chi connectivity index (χ0v) is 11.9. The summed E-state index contributed by atoms with van der Waals surface area (Å²) in [7, 11) is 0. The zero-order valence-electron chi connectivity index (χ0n) is 11.9. The first kappa shape index (κ1) is 13.1. The minimum Gasteiger partial charge on any atom is -0.300 e. The number of rotatable bonds is 4. The summed E-state index contributed by atoms with van der Waals surface area (Å²) in [6.07, 6.45) is 5.29. The predicted octanol–water partition coefficient (Wildman–Crippen LogP) is 3.24. The molecule has 104 valence electrons. The molecule has 1 aromatic carbocycles. The van der Waals surface area contributed by atoms with Crippen LogP contribution in [0.5, 0.6) is 0 Å². The summed E-state index contributed by atoms with van der Waals surface area (Å²) in [6.45, 7) is 5.61. The van der Waals surface area contributed by atoms with Crippen LogP contribution in [0.15, 0.2) is 30.3 Å². The Bertz CT molecular complexity index is 422. The molecule has 0 saturated carbocycles. The van der Waals surface area contributed by atoms with Gasteiger partial charge in [-0.15, -0.1) is 0 Å². The summed E-state index contributed by atoms with van der Waals surface area (Å²) in [5.74, 6) is 0. The van der Waals surface area contributed by atoms with Gasteiger partial charge in [0.15, 0.2) is 0 Å². The van der Waals surface area contributed by atoms with E-state index in [0.717, 1.165) is 13.0 Å². The normalized spacial score (nSPS) is 34.6. The molecule has 0 amide bonds. The molecule has 2 heterocycles. The molecule has 0 spiro atoms. The maximum atomic E-state index is 6.25. The highest BCUT2D eigenvalue weighted by atomic mass is 16.7. The largest absolute Gasteiger partial charge is 0.300 e. The van der Waals surface area contributed by atoms with Crippen LogP contribution in [0.1, 0.15) is 51.2 Å². The van der Waals surface area contributed by atoms with Gasteiger partial charge < -0.3 is 0 Å². The second kappa shape index (κ2) is 5.23. The van der Waals surface area contributed by atoms with Crippen molar-refractivity contribution in [3.05, 3.63) is 35.9 Å². The van der Waals surface area contributed by atoms with Crippen LogP contribution in [0.3, 0.4) is 0 Å². The summed E-state index contributed by atoms with van der Waals surface area (Å²) in [4.78, 5) is 6.25. The van der Waals surface area contributed by atoms with Gasteiger partial charge >= 0.3 is 0 Å². The molecule has 1 aromatic rings. The lowest BCUT2D eigenvalue weighted by atomic mass is 9.91. The van der Waals surface area contributed by atoms with Crippen molar-refractivity contribution >= 4 is 0 Å². The zero-order chi connectivity index (χ0) is 13.3. The molecule has 0 bridgehead atoms. The van der Waals surface area contributed by atoms with Crippen LogP contribution < -0.4 is 5.32 Å². The van der Waals surface area contributed by atoms with Gasteiger partial charge in [0, 0.05) is 12.0 Å². The van der Waals surface area contributed by atoms with Gasteiger partial charge in [0.1, 0.15) is 6.10 Å². The standard InChI is InChI=1S/C16H24N2O/c1-3-11-17-15-9-10-16(2)12-14(19-18(15)16)13-7-5-4-6-8-13/h4-8,14-15,17H,3,9-12H2,1-2H3. The minimum atomic E-state index is 0.200. The van der Waals surface area contributed by atoms with Crippen molar-refractivity contribution < 1.29 is 4.84 Å². The molecule has 0 aromatic heterocycles. The summed E-state index contributed by atoms with van der Waals surface area (Å²) >= 11 is 0. The number of hydroxylamine groups is 2. The number of benzene rings is 1. The van der Waals surface area contributed by atoms with Gasteiger partial charge in [-0.1, -0.05) is 37.3 Å². The summed E-state index contributed by atoms with van der Waals surface area (Å²) in [5.41, 5.74) is 1.50. The average Bonchev–Trinajstić information content (AvgIpc) is 2.92. The molecule has 0 aliphatic carbocycles. The fourth-order valence-electron chi connectivity index (χ4n) is 3.36. The highest BCUT2D eigenvalue weighted by molar-refractivity contribution is 5.20. The molecular formula is C16H24N2O. The molecule has 3 unspecified atom stereocenters. The Kier molecular flexibility index (Phi) is 3.61. The third kappa shape index (κ3) is 2.42. The van der Waals surface area contributed by atoms with Crippen LogP contribution in [0, 0.1) is 0 Å². The van der Waals surface area contributed by atoms with E-state index in [1.807, 2.05) is 0 Å². The summed E-state index contributed by atoms with van der Waals surface area (Å²) in [5, 5.41) is 5.84. The van der Waals surface area contributed by atoms with Crippen molar-refractivity contribution in [3.8, 4) is 0 Å². The summed E-state index contributed by atoms with van der Waals surface area (Å²) in [6, 6.07) is 10.6. The van der Waals surface area contributed by atoms with Gasteiger partial charge in [0.05, 0.1) is 6.17 Å².